The fourth-order valence-corrected chi connectivity index (χ4v) is 2.09. The van der Waals surface area contributed by atoms with E-state index in [1.165, 1.54) is 30.2 Å². The van der Waals surface area contributed by atoms with Gasteiger partial charge in [0.15, 0.2) is 5.11 Å². The molecule has 0 aromatic heterocycles. The molecule has 0 heterocycles. The molecule has 0 aliphatic heterocycles. The first-order valence-electron chi connectivity index (χ1n) is 6.59. The van der Waals surface area contributed by atoms with Gasteiger partial charge in [0, 0.05) is 5.69 Å². The first-order valence-corrected chi connectivity index (χ1v) is 8.39. The Hall–Kier alpha value is -1.27. The van der Waals surface area contributed by atoms with Crippen molar-refractivity contribution in [2.24, 2.45) is 0 Å². The number of hydrazine groups is 1. The van der Waals surface area contributed by atoms with Crippen molar-refractivity contribution in [2.75, 3.05) is 17.3 Å². The molecule has 110 valence electrons. The summed E-state index contributed by atoms with van der Waals surface area (Å²) in [6, 6.07) is 8.16. The average Bonchev–Trinajstić information content (AvgIpc) is 2.45. The van der Waals surface area contributed by atoms with Gasteiger partial charge in [0.05, 0.1) is 5.75 Å². The molecule has 0 fully saturated rings. The summed E-state index contributed by atoms with van der Waals surface area (Å²) in [6.45, 7) is 2.19. The predicted molar refractivity (Wildman–Crippen MR) is 90.9 cm³/mol. The molecule has 0 bridgehead atoms. The van der Waals surface area contributed by atoms with Gasteiger partial charge in [0.1, 0.15) is 0 Å². The number of amides is 1. The van der Waals surface area contributed by atoms with E-state index in [4.69, 9.17) is 12.2 Å². The highest BCUT2D eigenvalue weighted by molar-refractivity contribution is 7.99. The highest BCUT2D eigenvalue weighted by atomic mass is 32.2. The third-order valence-corrected chi connectivity index (χ3v) is 3.38. The van der Waals surface area contributed by atoms with Crippen LogP contribution in [0.1, 0.15) is 25.3 Å². The molecule has 3 N–H and O–H groups in total. The number of thiocarbonyl (C=S) groups is 1. The van der Waals surface area contributed by atoms with Gasteiger partial charge in [-0.05, 0) is 49.0 Å². The zero-order valence-corrected chi connectivity index (χ0v) is 13.5. The summed E-state index contributed by atoms with van der Waals surface area (Å²) in [5.74, 6) is 0.304. The van der Waals surface area contributed by atoms with E-state index in [-0.39, 0.29) is 5.91 Å². The van der Waals surface area contributed by atoms with Crippen LogP contribution >= 0.6 is 24.0 Å². The summed E-state index contributed by atoms with van der Waals surface area (Å²) in [5.41, 5.74) is 7.43. The second-order valence-electron chi connectivity index (χ2n) is 4.36. The van der Waals surface area contributed by atoms with E-state index in [0.29, 0.717) is 10.9 Å². The minimum atomic E-state index is -0.100. The van der Waals surface area contributed by atoms with Crippen molar-refractivity contribution in [1.82, 2.24) is 10.9 Å². The lowest BCUT2D eigenvalue weighted by Gasteiger charge is -2.11. The quantitative estimate of drug-likeness (QED) is 0.557. The normalized spacial score (nSPS) is 9.90. The number of nitrogens with one attached hydrogen (secondary N) is 3. The van der Waals surface area contributed by atoms with Gasteiger partial charge in [0.2, 0.25) is 5.91 Å². The Kier molecular flexibility index (Phi) is 8.06. The van der Waals surface area contributed by atoms with E-state index in [2.05, 4.69) is 35.2 Å². The first-order chi connectivity index (χ1) is 9.65. The van der Waals surface area contributed by atoms with E-state index in [0.717, 1.165) is 12.1 Å². The van der Waals surface area contributed by atoms with Crippen LogP contribution in [-0.2, 0) is 11.2 Å². The Morgan fingerprint density at radius 2 is 1.95 bits per heavy atom. The molecule has 1 amide bonds. The lowest BCUT2D eigenvalue weighted by Crippen LogP contribution is -2.44. The van der Waals surface area contributed by atoms with E-state index >= 15 is 0 Å². The number of hydrogen-bond acceptors (Lipinski definition) is 3. The topological polar surface area (TPSA) is 53.2 Å². The summed E-state index contributed by atoms with van der Waals surface area (Å²) in [5, 5.41) is 3.40. The number of unbranched alkanes of at least 4 members (excludes halogenated alkanes) is 1. The molecular weight excluding hydrogens is 290 g/mol. The van der Waals surface area contributed by atoms with Crippen molar-refractivity contribution in [3.63, 3.8) is 0 Å². The molecule has 0 aliphatic rings. The third kappa shape index (κ3) is 6.77. The second-order valence-corrected chi connectivity index (χ2v) is 5.64. The zero-order chi connectivity index (χ0) is 14.8. The van der Waals surface area contributed by atoms with Gasteiger partial charge >= 0.3 is 0 Å². The number of thioether (sulfide) groups is 1. The number of aryl methyl sites for hydroxylation is 1. The number of carbonyl (C=O) groups is 1. The molecule has 0 aliphatic carbocycles. The van der Waals surface area contributed by atoms with E-state index < -0.39 is 0 Å². The molecule has 0 unspecified atom stereocenters. The maximum Gasteiger partial charge on any atom is 0.248 e. The lowest BCUT2D eigenvalue weighted by atomic mass is 10.1. The monoisotopic (exact) mass is 311 g/mol. The molecule has 20 heavy (non-hydrogen) atoms. The summed E-state index contributed by atoms with van der Waals surface area (Å²) in [7, 11) is 0. The molecule has 4 nitrogen and oxygen atoms in total. The smallest absolute Gasteiger partial charge is 0.248 e. The lowest BCUT2D eigenvalue weighted by molar-refractivity contribution is -0.119. The number of hydrogen-bond donors (Lipinski definition) is 3. The molecule has 0 saturated carbocycles. The van der Waals surface area contributed by atoms with Crippen molar-refractivity contribution in [3.05, 3.63) is 29.8 Å². The van der Waals surface area contributed by atoms with E-state index in [9.17, 15) is 4.79 Å². The van der Waals surface area contributed by atoms with Crippen LogP contribution in [0.2, 0.25) is 0 Å². The van der Waals surface area contributed by atoms with Crippen LogP contribution in [0.3, 0.4) is 0 Å². The molecule has 1 aromatic rings. The van der Waals surface area contributed by atoms with Crippen LogP contribution in [0, 0.1) is 0 Å². The number of benzene rings is 1. The minimum absolute atomic E-state index is 0.100. The van der Waals surface area contributed by atoms with Crippen LogP contribution in [0.15, 0.2) is 24.3 Å². The van der Waals surface area contributed by atoms with Crippen molar-refractivity contribution in [3.8, 4) is 0 Å². The molecule has 0 spiro atoms. The maximum atomic E-state index is 11.3. The fraction of sp³-hybridized carbons (Fsp3) is 0.429. The Bertz CT molecular complexity index is 435. The second kappa shape index (κ2) is 9.61. The highest BCUT2D eigenvalue weighted by Crippen LogP contribution is 2.11. The zero-order valence-electron chi connectivity index (χ0n) is 11.9. The highest BCUT2D eigenvalue weighted by Gasteiger charge is 2.01. The molecular formula is C14H21N3OS2. The predicted octanol–water partition coefficient (Wildman–Crippen LogP) is 2.71. The van der Waals surface area contributed by atoms with Crippen molar-refractivity contribution in [2.45, 2.75) is 26.2 Å². The Balaban J connectivity index is 2.36. The number of carbonyl (C=O) groups excluding carboxylic acids is 1. The van der Waals surface area contributed by atoms with Crippen LogP contribution in [0.5, 0.6) is 0 Å². The van der Waals surface area contributed by atoms with Gasteiger partial charge in [-0.25, -0.2) is 0 Å². The van der Waals surface area contributed by atoms with Gasteiger partial charge < -0.3 is 5.32 Å². The standard InChI is InChI=1S/C14H21N3OS2/c1-3-4-5-11-6-8-12(9-7-11)15-14(19)17-16-13(18)10-20-2/h6-9H,3-5,10H2,1-2H3,(H,16,18)(H2,15,17,19). The molecule has 0 radical (unpaired) electrons. The third-order valence-electron chi connectivity index (χ3n) is 2.62. The molecule has 1 rings (SSSR count). The summed E-state index contributed by atoms with van der Waals surface area (Å²) in [6.07, 6.45) is 5.37. The van der Waals surface area contributed by atoms with Crippen molar-refractivity contribution in [1.29, 1.82) is 0 Å². The van der Waals surface area contributed by atoms with Gasteiger partial charge in [-0.3, -0.25) is 15.6 Å². The van der Waals surface area contributed by atoms with Gasteiger partial charge in [-0.1, -0.05) is 25.5 Å². The van der Waals surface area contributed by atoms with E-state index in [1.807, 2.05) is 18.4 Å². The Morgan fingerprint density at radius 1 is 1.25 bits per heavy atom. The molecule has 1 aromatic carbocycles. The number of rotatable bonds is 6. The molecule has 0 atom stereocenters. The Labute approximate surface area is 130 Å². The van der Waals surface area contributed by atoms with Crippen molar-refractivity contribution >= 4 is 40.7 Å². The van der Waals surface area contributed by atoms with E-state index in [1.54, 1.807) is 0 Å². The number of anilines is 1. The maximum absolute atomic E-state index is 11.3. The fourth-order valence-electron chi connectivity index (χ4n) is 1.59. The summed E-state index contributed by atoms with van der Waals surface area (Å²) >= 11 is 6.56. The van der Waals surface area contributed by atoms with Gasteiger partial charge in [-0.15, -0.1) is 0 Å². The summed E-state index contributed by atoms with van der Waals surface area (Å²) < 4.78 is 0. The Morgan fingerprint density at radius 3 is 2.55 bits per heavy atom. The molecule has 0 saturated heterocycles. The van der Waals surface area contributed by atoms with Gasteiger partial charge in [0.25, 0.3) is 0 Å². The molecule has 6 heteroatoms. The van der Waals surface area contributed by atoms with Crippen LogP contribution in [0.4, 0.5) is 5.69 Å². The van der Waals surface area contributed by atoms with Crippen LogP contribution in [-0.4, -0.2) is 23.0 Å². The first kappa shape index (κ1) is 16.8. The SMILES string of the molecule is CCCCc1ccc(NC(=S)NNC(=O)CSC)cc1. The van der Waals surface area contributed by atoms with Crippen LogP contribution < -0.4 is 16.2 Å². The average molecular weight is 311 g/mol. The summed E-state index contributed by atoms with van der Waals surface area (Å²) in [4.78, 5) is 11.3. The largest absolute Gasteiger partial charge is 0.331 e. The van der Waals surface area contributed by atoms with Crippen molar-refractivity contribution < 1.29 is 4.79 Å². The van der Waals surface area contributed by atoms with Crippen LogP contribution in [0.25, 0.3) is 0 Å². The van der Waals surface area contributed by atoms with Gasteiger partial charge in [-0.2, -0.15) is 11.8 Å². The minimum Gasteiger partial charge on any atom is -0.331 e.